The summed E-state index contributed by atoms with van der Waals surface area (Å²) in [7, 11) is 1.85. The highest BCUT2D eigenvalue weighted by Crippen LogP contribution is 2.21. The van der Waals surface area contributed by atoms with Crippen LogP contribution in [0.4, 0.5) is 0 Å². The van der Waals surface area contributed by atoms with Gasteiger partial charge in [-0.25, -0.2) is 0 Å². The lowest BCUT2D eigenvalue weighted by Crippen LogP contribution is -2.50. The van der Waals surface area contributed by atoms with Crippen LogP contribution in [0.5, 0.6) is 0 Å². The van der Waals surface area contributed by atoms with Crippen LogP contribution in [0, 0.1) is 0 Å². The minimum absolute atomic E-state index is 0.0858. The van der Waals surface area contributed by atoms with Crippen LogP contribution in [0.2, 0.25) is 0 Å². The van der Waals surface area contributed by atoms with Gasteiger partial charge in [-0.1, -0.05) is 6.58 Å². The molecular formula is C15H24N2O3. The second-order valence-electron chi connectivity index (χ2n) is 5.69. The Morgan fingerprint density at radius 3 is 2.90 bits per heavy atom. The highest BCUT2D eigenvalue weighted by Gasteiger charge is 2.29. The average molecular weight is 280 g/mol. The summed E-state index contributed by atoms with van der Waals surface area (Å²) in [6, 6.07) is 0.747. The summed E-state index contributed by atoms with van der Waals surface area (Å²) < 4.78 is 10.2. The molecule has 112 valence electrons. The molecule has 0 aromatic carbocycles. The van der Waals surface area contributed by atoms with Crippen LogP contribution >= 0.6 is 0 Å². The molecule has 0 N–H and O–H groups in total. The Bertz CT molecular complexity index is 417. The molecule has 1 saturated heterocycles. The largest absolute Gasteiger partial charge is 0.461 e. The topological polar surface area (TPSA) is 42.0 Å². The van der Waals surface area contributed by atoms with E-state index >= 15 is 0 Å². The lowest BCUT2D eigenvalue weighted by atomic mass is 10.0. The summed E-state index contributed by atoms with van der Waals surface area (Å²) in [6.45, 7) is 10.4. The van der Waals surface area contributed by atoms with E-state index in [4.69, 9.17) is 9.47 Å². The summed E-state index contributed by atoms with van der Waals surface area (Å²) in [6.07, 6.45) is 3.61. The number of amides is 1. The molecule has 0 radical (unpaired) electrons. The maximum absolute atomic E-state index is 12.4. The summed E-state index contributed by atoms with van der Waals surface area (Å²) in [5, 5.41) is 0. The number of likely N-dealkylation sites (N-methyl/N-ethyl adjacent to an activating group) is 1. The molecule has 2 aliphatic rings. The van der Waals surface area contributed by atoms with Crippen LogP contribution in [-0.2, 0) is 14.3 Å². The zero-order chi connectivity index (χ0) is 14.7. The lowest BCUT2D eigenvalue weighted by molar-refractivity contribution is -0.129. The van der Waals surface area contributed by atoms with Gasteiger partial charge in [0.25, 0.3) is 5.91 Å². The van der Waals surface area contributed by atoms with E-state index in [-0.39, 0.29) is 18.7 Å². The summed E-state index contributed by atoms with van der Waals surface area (Å²) in [4.78, 5) is 16.6. The van der Waals surface area contributed by atoms with Crippen molar-refractivity contribution < 1.29 is 14.3 Å². The third-order valence-corrected chi connectivity index (χ3v) is 4.05. The van der Waals surface area contributed by atoms with Gasteiger partial charge in [-0.3, -0.25) is 9.69 Å². The molecule has 0 spiro atoms. The van der Waals surface area contributed by atoms with Gasteiger partial charge in [0.2, 0.25) is 6.79 Å². The number of ether oxygens (including phenoxy) is 2. The zero-order valence-electron chi connectivity index (χ0n) is 12.6. The first-order chi connectivity index (χ1) is 9.50. The first-order valence-electron chi connectivity index (χ1n) is 7.15. The monoisotopic (exact) mass is 280 g/mol. The van der Waals surface area contributed by atoms with Gasteiger partial charge in [-0.2, -0.15) is 0 Å². The Morgan fingerprint density at radius 2 is 2.30 bits per heavy atom. The van der Waals surface area contributed by atoms with Crippen molar-refractivity contribution in [1.29, 1.82) is 0 Å². The third-order valence-electron chi connectivity index (χ3n) is 4.05. The van der Waals surface area contributed by atoms with E-state index in [0.29, 0.717) is 17.4 Å². The van der Waals surface area contributed by atoms with E-state index < -0.39 is 0 Å². The first kappa shape index (κ1) is 14.9. The normalized spacial score (nSPS) is 23.0. The Hall–Kier alpha value is -1.49. The molecule has 2 aliphatic heterocycles. The van der Waals surface area contributed by atoms with Crippen molar-refractivity contribution in [3.05, 3.63) is 24.2 Å². The highest BCUT2D eigenvalue weighted by molar-refractivity contribution is 5.96. The summed E-state index contributed by atoms with van der Waals surface area (Å²) >= 11 is 0. The fourth-order valence-corrected chi connectivity index (χ4v) is 2.65. The molecule has 2 rings (SSSR count). The van der Waals surface area contributed by atoms with E-state index in [1.807, 2.05) is 7.05 Å². The molecule has 1 atom stereocenters. The van der Waals surface area contributed by atoms with Crippen molar-refractivity contribution in [1.82, 2.24) is 9.80 Å². The molecule has 0 aromatic heterocycles. The molecule has 0 aliphatic carbocycles. The molecular weight excluding hydrogens is 256 g/mol. The van der Waals surface area contributed by atoms with Crippen molar-refractivity contribution in [3.8, 4) is 0 Å². The van der Waals surface area contributed by atoms with Crippen LogP contribution < -0.4 is 0 Å². The van der Waals surface area contributed by atoms with Crippen molar-refractivity contribution in [2.24, 2.45) is 0 Å². The molecule has 5 heteroatoms. The van der Waals surface area contributed by atoms with Gasteiger partial charge >= 0.3 is 0 Å². The van der Waals surface area contributed by atoms with Gasteiger partial charge < -0.3 is 14.4 Å². The van der Waals surface area contributed by atoms with Gasteiger partial charge in [0.15, 0.2) is 5.76 Å². The molecule has 1 unspecified atom stereocenters. The van der Waals surface area contributed by atoms with E-state index in [1.165, 1.54) is 6.26 Å². The smallest absolute Gasteiger partial charge is 0.257 e. The van der Waals surface area contributed by atoms with Crippen LogP contribution in [0.25, 0.3) is 0 Å². The summed E-state index contributed by atoms with van der Waals surface area (Å²) in [5.41, 5.74) is 0.367. The fraction of sp³-hybridized carbons (Fsp3) is 0.667. The predicted octanol–water partition coefficient (Wildman–Crippen LogP) is 1.72. The minimum atomic E-state index is -0.0858. The van der Waals surface area contributed by atoms with Crippen molar-refractivity contribution in [2.75, 3.05) is 26.9 Å². The molecule has 1 amide bonds. The number of nitrogens with zero attached hydrogens (tertiary/aromatic N) is 2. The first-order valence-corrected chi connectivity index (χ1v) is 7.15. The average Bonchev–Trinajstić information content (AvgIpc) is 2.99. The maximum Gasteiger partial charge on any atom is 0.257 e. The van der Waals surface area contributed by atoms with E-state index in [0.717, 1.165) is 25.9 Å². The number of likely N-dealkylation sites (tertiary alicyclic amines) is 1. The van der Waals surface area contributed by atoms with Crippen molar-refractivity contribution in [3.63, 3.8) is 0 Å². The Morgan fingerprint density at radius 1 is 1.55 bits per heavy atom. The number of hydrogen-bond donors (Lipinski definition) is 0. The molecule has 5 nitrogen and oxygen atoms in total. The second-order valence-corrected chi connectivity index (χ2v) is 5.69. The molecule has 0 saturated carbocycles. The van der Waals surface area contributed by atoms with Crippen LogP contribution in [0.15, 0.2) is 24.2 Å². The molecule has 0 aromatic rings. The van der Waals surface area contributed by atoms with Gasteiger partial charge in [-0.15, -0.1) is 0 Å². The van der Waals surface area contributed by atoms with Crippen LogP contribution in [0.1, 0.15) is 26.7 Å². The van der Waals surface area contributed by atoms with E-state index in [9.17, 15) is 4.79 Å². The van der Waals surface area contributed by atoms with Gasteiger partial charge in [0.05, 0.1) is 5.57 Å². The maximum atomic E-state index is 12.4. The van der Waals surface area contributed by atoms with Gasteiger partial charge in [0.1, 0.15) is 6.26 Å². The van der Waals surface area contributed by atoms with Crippen LogP contribution in [0.3, 0.4) is 0 Å². The lowest BCUT2D eigenvalue weighted by Gasteiger charge is -2.39. The number of hydrogen-bond acceptors (Lipinski definition) is 4. The number of piperidine rings is 1. The van der Waals surface area contributed by atoms with E-state index in [1.54, 1.807) is 4.90 Å². The van der Waals surface area contributed by atoms with E-state index in [2.05, 4.69) is 25.3 Å². The molecule has 0 bridgehead atoms. The Labute approximate surface area is 120 Å². The SMILES string of the molecule is C=C(C(=O)N(C)C1CCCN(C(C)C)C1)C1=COCO1. The number of carbonyl (C=O) groups excluding carboxylic acids is 1. The minimum Gasteiger partial charge on any atom is -0.461 e. The summed E-state index contributed by atoms with van der Waals surface area (Å²) in [5.74, 6) is 0.357. The number of carbonyl (C=O) groups is 1. The zero-order valence-corrected chi connectivity index (χ0v) is 12.6. The molecule has 1 fully saturated rings. The van der Waals surface area contributed by atoms with Crippen LogP contribution in [-0.4, -0.2) is 54.7 Å². The van der Waals surface area contributed by atoms with Crippen molar-refractivity contribution in [2.45, 2.75) is 38.8 Å². The Kier molecular flexibility index (Phi) is 4.70. The second kappa shape index (κ2) is 6.31. The fourth-order valence-electron chi connectivity index (χ4n) is 2.65. The highest BCUT2D eigenvalue weighted by atomic mass is 16.7. The van der Waals surface area contributed by atoms with Gasteiger partial charge in [-0.05, 0) is 33.2 Å². The Balaban J connectivity index is 1.97. The molecule has 2 heterocycles. The van der Waals surface area contributed by atoms with Gasteiger partial charge in [0, 0.05) is 25.7 Å². The van der Waals surface area contributed by atoms with Crippen molar-refractivity contribution >= 4 is 5.91 Å². The standard InChI is InChI=1S/C15H24N2O3/c1-11(2)17-7-5-6-13(8-17)16(4)15(18)12(3)14-9-19-10-20-14/h9,11,13H,3,5-8,10H2,1-2,4H3. The molecule has 20 heavy (non-hydrogen) atoms. The third kappa shape index (κ3) is 3.15. The quantitative estimate of drug-likeness (QED) is 0.735. The predicted molar refractivity (Wildman–Crippen MR) is 76.8 cm³/mol. The number of rotatable bonds is 4.